The molecule has 0 bridgehead atoms. The van der Waals surface area contributed by atoms with Gasteiger partial charge in [-0.3, -0.25) is 4.79 Å². The van der Waals surface area contributed by atoms with E-state index in [1.807, 2.05) is 20.8 Å². The van der Waals surface area contributed by atoms with E-state index in [1.54, 1.807) is 0 Å². The maximum absolute atomic E-state index is 11.5. The summed E-state index contributed by atoms with van der Waals surface area (Å²) in [6.45, 7) is 11.8. The highest BCUT2D eigenvalue weighted by molar-refractivity contribution is 5.76. The predicted molar refractivity (Wildman–Crippen MR) is 64.4 cm³/mol. The molecule has 4 nitrogen and oxygen atoms in total. The average Bonchev–Trinajstić information content (AvgIpc) is 2.26. The van der Waals surface area contributed by atoms with E-state index in [-0.39, 0.29) is 5.97 Å². The van der Waals surface area contributed by atoms with Crippen LogP contribution >= 0.6 is 0 Å². The number of methoxy groups -OCH3 is 1. The minimum atomic E-state index is -0.461. The molecule has 0 fully saturated rings. The average molecular weight is 231 g/mol. The molecular weight excluding hydrogens is 206 g/mol. The van der Waals surface area contributed by atoms with Crippen molar-refractivity contribution < 1.29 is 14.3 Å². The highest BCUT2D eigenvalue weighted by Crippen LogP contribution is 2.18. The molecular formula is C12H25NO3. The molecule has 0 aliphatic heterocycles. The third kappa shape index (κ3) is 5.47. The lowest BCUT2D eigenvalue weighted by Crippen LogP contribution is -2.41. The van der Waals surface area contributed by atoms with Crippen molar-refractivity contribution >= 4 is 5.97 Å². The maximum Gasteiger partial charge on any atom is 0.312 e. The number of rotatable bonds is 8. The number of carbonyl (C=O) groups is 1. The summed E-state index contributed by atoms with van der Waals surface area (Å²) in [5.74, 6) is -0.164. The molecule has 0 heterocycles. The Kier molecular flexibility index (Phi) is 7.34. The Balaban J connectivity index is 4.14. The van der Waals surface area contributed by atoms with Gasteiger partial charge in [-0.15, -0.1) is 0 Å². The fourth-order valence-electron chi connectivity index (χ4n) is 1.59. The summed E-state index contributed by atoms with van der Waals surface area (Å²) < 4.78 is 10.1. The second-order valence-corrected chi connectivity index (χ2v) is 4.44. The van der Waals surface area contributed by atoms with Gasteiger partial charge in [0.1, 0.15) is 0 Å². The normalized spacial score (nSPS) is 11.9. The number of esters is 1. The molecule has 0 aromatic carbocycles. The van der Waals surface area contributed by atoms with Crippen molar-refractivity contribution in [1.82, 2.24) is 4.90 Å². The number of likely N-dealkylation sites (N-methyl/N-ethyl adjacent to an activating group) is 1. The van der Waals surface area contributed by atoms with Crippen molar-refractivity contribution in [3.05, 3.63) is 0 Å². The summed E-state index contributed by atoms with van der Waals surface area (Å²) in [7, 11) is 1.43. The molecule has 0 aromatic rings. The number of hydrogen-bond acceptors (Lipinski definition) is 4. The van der Waals surface area contributed by atoms with Gasteiger partial charge >= 0.3 is 5.97 Å². The van der Waals surface area contributed by atoms with E-state index in [2.05, 4.69) is 11.8 Å². The zero-order valence-corrected chi connectivity index (χ0v) is 11.2. The van der Waals surface area contributed by atoms with Gasteiger partial charge in [-0.25, -0.2) is 0 Å². The Bertz CT molecular complexity index is 204. The monoisotopic (exact) mass is 231 g/mol. The van der Waals surface area contributed by atoms with Crippen LogP contribution in [0.5, 0.6) is 0 Å². The molecule has 96 valence electrons. The molecule has 0 N–H and O–H groups in total. The Hall–Kier alpha value is -0.610. The molecule has 0 saturated carbocycles. The van der Waals surface area contributed by atoms with Gasteiger partial charge in [-0.2, -0.15) is 0 Å². The van der Waals surface area contributed by atoms with Crippen molar-refractivity contribution in [3.8, 4) is 0 Å². The molecule has 0 aromatic heterocycles. The third-order valence-corrected chi connectivity index (χ3v) is 2.56. The number of hydrogen-bond donors (Lipinski definition) is 0. The lowest BCUT2D eigenvalue weighted by atomic mass is 9.93. The molecule has 0 radical (unpaired) electrons. The van der Waals surface area contributed by atoms with Gasteiger partial charge in [0.15, 0.2) is 0 Å². The van der Waals surface area contributed by atoms with Crippen LogP contribution in [-0.4, -0.2) is 50.8 Å². The maximum atomic E-state index is 11.5. The highest BCUT2D eigenvalue weighted by Gasteiger charge is 2.30. The number of ether oxygens (including phenoxy) is 2. The van der Waals surface area contributed by atoms with Crippen LogP contribution in [0, 0.1) is 5.41 Å². The van der Waals surface area contributed by atoms with Crippen molar-refractivity contribution in [3.63, 3.8) is 0 Å². The Morgan fingerprint density at radius 1 is 1.31 bits per heavy atom. The fourth-order valence-corrected chi connectivity index (χ4v) is 1.59. The molecule has 0 saturated heterocycles. The van der Waals surface area contributed by atoms with Gasteiger partial charge in [-0.1, -0.05) is 6.92 Å². The van der Waals surface area contributed by atoms with E-state index < -0.39 is 5.41 Å². The topological polar surface area (TPSA) is 38.8 Å². The van der Waals surface area contributed by atoms with Crippen molar-refractivity contribution in [2.75, 3.05) is 40.0 Å². The van der Waals surface area contributed by atoms with Gasteiger partial charge < -0.3 is 14.4 Å². The third-order valence-electron chi connectivity index (χ3n) is 2.56. The Labute approximate surface area is 98.9 Å². The molecule has 0 amide bonds. The molecule has 0 unspecified atom stereocenters. The fraction of sp³-hybridized carbons (Fsp3) is 0.917. The molecule has 0 aliphatic carbocycles. The van der Waals surface area contributed by atoms with Crippen LogP contribution < -0.4 is 0 Å². The lowest BCUT2D eigenvalue weighted by molar-refractivity contribution is -0.151. The lowest BCUT2D eigenvalue weighted by Gasteiger charge is -2.29. The van der Waals surface area contributed by atoms with E-state index in [0.717, 1.165) is 19.7 Å². The van der Waals surface area contributed by atoms with Gasteiger partial charge in [0.2, 0.25) is 0 Å². The van der Waals surface area contributed by atoms with E-state index in [9.17, 15) is 4.79 Å². The van der Waals surface area contributed by atoms with Crippen molar-refractivity contribution in [1.29, 1.82) is 0 Å². The molecule has 0 atom stereocenters. The Morgan fingerprint density at radius 3 is 2.38 bits per heavy atom. The van der Waals surface area contributed by atoms with Crippen LogP contribution in [0.4, 0.5) is 0 Å². The van der Waals surface area contributed by atoms with Crippen LogP contribution in [0.15, 0.2) is 0 Å². The molecule has 0 aliphatic rings. The number of nitrogens with zero attached hydrogens (tertiary/aromatic N) is 1. The largest absolute Gasteiger partial charge is 0.469 e. The Morgan fingerprint density at radius 2 is 1.94 bits per heavy atom. The van der Waals surface area contributed by atoms with Gasteiger partial charge in [-0.05, 0) is 27.3 Å². The minimum absolute atomic E-state index is 0.164. The molecule has 0 spiro atoms. The minimum Gasteiger partial charge on any atom is -0.469 e. The van der Waals surface area contributed by atoms with E-state index in [0.29, 0.717) is 13.2 Å². The smallest absolute Gasteiger partial charge is 0.312 e. The number of carbonyl (C=O) groups excluding carboxylic acids is 1. The van der Waals surface area contributed by atoms with Crippen molar-refractivity contribution in [2.45, 2.75) is 27.7 Å². The SMILES string of the molecule is CCOCCN(CC)CC(C)(C)C(=O)OC. The van der Waals surface area contributed by atoms with Gasteiger partial charge in [0.05, 0.1) is 19.1 Å². The summed E-state index contributed by atoms with van der Waals surface area (Å²) in [5, 5.41) is 0. The van der Waals surface area contributed by atoms with Crippen LogP contribution in [0.1, 0.15) is 27.7 Å². The molecule has 16 heavy (non-hydrogen) atoms. The first kappa shape index (κ1) is 15.4. The predicted octanol–water partition coefficient (Wildman–Crippen LogP) is 1.54. The first-order valence-corrected chi connectivity index (χ1v) is 5.86. The van der Waals surface area contributed by atoms with E-state index in [4.69, 9.17) is 9.47 Å². The van der Waals surface area contributed by atoms with Gasteiger partial charge in [0.25, 0.3) is 0 Å². The highest BCUT2D eigenvalue weighted by atomic mass is 16.5. The summed E-state index contributed by atoms with van der Waals surface area (Å²) in [6.07, 6.45) is 0. The second-order valence-electron chi connectivity index (χ2n) is 4.44. The first-order chi connectivity index (χ1) is 7.47. The second kappa shape index (κ2) is 7.63. The van der Waals surface area contributed by atoms with Crippen molar-refractivity contribution in [2.24, 2.45) is 5.41 Å². The van der Waals surface area contributed by atoms with Crippen LogP contribution in [0.3, 0.4) is 0 Å². The van der Waals surface area contributed by atoms with Gasteiger partial charge in [0, 0.05) is 19.7 Å². The summed E-state index contributed by atoms with van der Waals surface area (Å²) in [6, 6.07) is 0. The first-order valence-electron chi connectivity index (χ1n) is 5.86. The van der Waals surface area contributed by atoms with E-state index in [1.165, 1.54) is 7.11 Å². The molecule has 4 heteroatoms. The summed E-state index contributed by atoms with van der Waals surface area (Å²) >= 11 is 0. The standard InChI is InChI=1S/C12H25NO3/c1-6-13(8-9-16-7-2)10-12(3,4)11(14)15-5/h6-10H2,1-5H3. The van der Waals surface area contributed by atoms with Crippen LogP contribution in [0.25, 0.3) is 0 Å². The zero-order chi connectivity index (χ0) is 12.6. The van der Waals surface area contributed by atoms with Crippen LogP contribution in [-0.2, 0) is 14.3 Å². The van der Waals surface area contributed by atoms with E-state index >= 15 is 0 Å². The van der Waals surface area contributed by atoms with Crippen LogP contribution in [0.2, 0.25) is 0 Å². The summed E-state index contributed by atoms with van der Waals surface area (Å²) in [5.41, 5.74) is -0.461. The summed E-state index contributed by atoms with van der Waals surface area (Å²) in [4.78, 5) is 13.7. The quantitative estimate of drug-likeness (QED) is 0.469. The molecule has 0 rings (SSSR count). The zero-order valence-electron chi connectivity index (χ0n) is 11.2.